The Kier molecular flexibility index (Phi) is 9.17. The average Bonchev–Trinajstić information content (AvgIpc) is 3.49. The smallest absolute Gasteiger partial charge is 0.255 e. The number of ether oxygens (including phenoxy) is 2. The van der Waals surface area contributed by atoms with Crippen molar-refractivity contribution < 1.29 is 23.5 Å². The molecule has 1 aliphatic rings. The van der Waals surface area contributed by atoms with Crippen LogP contribution in [-0.4, -0.2) is 24.6 Å². The van der Waals surface area contributed by atoms with Gasteiger partial charge in [0.1, 0.15) is 12.4 Å². The van der Waals surface area contributed by atoms with Gasteiger partial charge in [0.15, 0.2) is 29.3 Å². The second kappa shape index (κ2) is 13.8. The largest absolute Gasteiger partial charge is 0.493 e. The van der Waals surface area contributed by atoms with Gasteiger partial charge in [-0.15, -0.1) is 5.10 Å². The number of hydrogen-bond acceptors (Lipinski definition) is 7. The van der Waals surface area contributed by atoms with E-state index in [1.807, 2.05) is 30.3 Å². The monoisotopic (exact) mass is 648 g/mol. The van der Waals surface area contributed by atoms with Crippen LogP contribution in [-0.2, 0) is 11.4 Å². The van der Waals surface area contributed by atoms with E-state index in [1.54, 1.807) is 94.8 Å². The maximum absolute atomic E-state index is 14.6. The highest BCUT2D eigenvalue weighted by Gasteiger charge is 2.41. The second-order valence-corrected chi connectivity index (χ2v) is 11.1. The minimum absolute atomic E-state index is 0.0655. The normalized spacial score (nSPS) is 14.0. The van der Waals surface area contributed by atoms with E-state index in [4.69, 9.17) is 26.2 Å². The zero-order chi connectivity index (χ0) is 32.9. The molecule has 0 saturated carbocycles. The quantitative estimate of drug-likeness (QED) is 0.164. The number of halogens is 2. The van der Waals surface area contributed by atoms with E-state index in [2.05, 4.69) is 5.32 Å². The van der Waals surface area contributed by atoms with E-state index in [0.29, 0.717) is 50.3 Å². The van der Waals surface area contributed by atoms with Crippen molar-refractivity contribution in [3.63, 3.8) is 0 Å². The third-order valence-electron chi connectivity index (χ3n) is 7.59. The van der Waals surface area contributed by atoms with E-state index < -0.39 is 12.0 Å². The zero-order valence-electron chi connectivity index (χ0n) is 25.6. The molecule has 0 unspecified atom stereocenters. The van der Waals surface area contributed by atoms with Crippen molar-refractivity contribution in [2.45, 2.75) is 19.7 Å². The van der Waals surface area contributed by atoms with E-state index in [1.165, 1.54) is 20.1 Å². The fraction of sp³-hybridized carbons (Fsp3) is 0.108. The summed E-state index contributed by atoms with van der Waals surface area (Å²) in [6, 6.07) is 35.0. The predicted molar refractivity (Wildman–Crippen MR) is 182 cm³/mol. The van der Waals surface area contributed by atoms with Crippen molar-refractivity contribution in [2.75, 3.05) is 22.3 Å². The van der Waals surface area contributed by atoms with Crippen molar-refractivity contribution in [3.8, 4) is 11.5 Å². The van der Waals surface area contributed by atoms with Gasteiger partial charge < -0.3 is 14.8 Å². The molecule has 1 atom stereocenters. The van der Waals surface area contributed by atoms with Crippen LogP contribution in [0.4, 0.5) is 21.5 Å². The first-order chi connectivity index (χ1) is 22.8. The van der Waals surface area contributed by atoms with Gasteiger partial charge in [0.05, 0.1) is 12.8 Å². The number of amides is 1. The molecule has 5 aromatic rings. The van der Waals surface area contributed by atoms with Crippen LogP contribution >= 0.6 is 11.6 Å². The van der Waals surface area contributed by atoms with Gasteiger partial charge in [0, 0.05) is 40.0 Å². The number of nitrogens with one attached hydrogen (secondary N) is 1. The van der Waals surface area contributed by atoms with Crippen LogP contribution in [0.1, 0.15) is 34.6 Å². The van der Waals surface area contributed by atoms with E-state index in [0.717, 1.165) is 0 Å². The Morgan fingerprint density at radius 1 is 0.851 bits per heavy atom. The first-order valence-corrected chi connectivity index (χ1v) is 15.1. The Morgan fingerprint density at radius 3 is 2.21 bits per heavy atom. The van der Waals surface area contributed by atoms with Crippen molar-refractivity contribution >= 4 is 46.2 Å². The van der Waals surface area contributed by atoms with Gasteiger partial charge in [-0.25, -0.2) is 9.40 Å². The number of methoxy groups -OCH3 is 1. The Balaban J connectivity index is 1.43. The number of hydrazone groups is 1. The number of carbonyl (C=O) groups is 2. The number of hydrogen-bond donors (Lipinski definition) is 1. The minimum Gasteiger partial charge on any atom is -0.493 e. The lowest BCUT2D eigenvalue weighted by Crippen LogP contribution is -2.38. The molecule has 6 rings (SSSR count). The van der Waals surface area contributed by atoms with E-state index >= 15 is 0 Å². The molecule has 0 bridgehead atoms. The van der Waals surface area contributed by atoms with Crippen LogP contribution in [0.15, 0.2) is 126 Å². The number of nitrogens with zero attached hydrogens (tertiary/aromatic N) is 3. The summed E-state index contributed by atoms with van der Waals surface area (Å²) in [5, 5.41) is 9.96. The highest BCUT2D eigenvalue weighted by molar-refractivity contribution is 6.44. The Labute approximate surface area is 276 Å². The van der Waals surface area contributed by atoms with Crippen molar-refractivity contribution in [1.29, 1.82) is 0 Å². The van der Waals surface area contributed by atoms with Crippen LogP contribution in [0.2, 0.25) is 5.02 Å². The number of Topliss-reactive ketones (excluding diaryl/α,β-unsaturated/α-hetero) is 1. The third kappa shape index (κ3) is 6.66. The number of benzene rings is 5. The lowest BCUT2D eigenvalue weighted by Gasteiger charge is -2.33. The summed E-state index contributed by atoms with van der Waals surface area (Å²) in [7, 11) is 1.53. The Hall–Kier alpha value is -5.67. The molecule has 1 amide bonds. The molecule has 1 aliphatic heterocycles. The first-order valence-electron chi connectivity index (χ1n) is 14.8. The van der Waals surface area contributed by atoms with Crippen LogP contribution in [0.3, 0.4) is 0 Å². The fourth-order valence-electron chi connectivity index (χ4n) is 5.31. The maximum Gasteiger partial charge on any atom is 0.255 e. The first kappa shape index (κ1) is 31.3. The van der Waals surface area contributed by atoms with Gasteiger partial charge in [0.2, 0.25) is 0 Å². The second-order valence-electron chi connectivity index (χ2n) is 10.7. The molecule has 0 aliphatic carbocycles. The summed E-state index contributed by atoms with van der Waals surface area (Å²) in [5.41, 5.74) is 3.37. The maximum atomic E-state index is 14.6. The lowest BCUT2D eigenvalue weighted by atomic mass is 10.1. The van der Waals surface area contributed by atoms with Gasteiger partial charge in [-0.05, 0) is 72.8 Å². The van der Waals surface area contributed by atoms with Gasteiger partial charge >= 0.3 is 0 Å². The molecule has 0 fully saturated rings. The molecule has 8 nitrogen and oxygen atoms in total. The molecule has 1 heterocycles. The van der Waals surface area contributed by atoms with Gasteiger partial charge in [-0.3, -0.25) is 14.5 Å². The molecule has 1 N–H and O–H groups in total. The molecule has 0 saturated heterocycles. The average molecular weight is 649 g/mol. The predicted octanol–water partition coefficient (Wildman–Crippen LogP) is 8.25. The summed E-state index contributed by atoms with van der Waals surface area (Å²) in [5.74, 6) is 0.0452. The fourth-order valence-corrected chi connectivity index (χ4v) is 5.44. The number of para-hydroxylation sites is 1. The van der Waals surface area contributed by atoms with Crippen molar-refractivity contribution in [2.24, 2.45) is 5.10 Å². The SMILES string of the molecule is COc1cccc([C@@H]2N(c3ccc(Cl)cc3)N=C(C(C)=O)N2c2ccc(NC(=O)c3ccccc3)cc2)c1OCc1ccccc1F. The van der Waals surface area contributed by atoms with Crippen molar-refractivity contribution in [3.05, 3.63) is 149 Å². The summed E-state index contributed by atoms with van der Waals surface area (Å²) in [6.07, 6.45) is -0.745. The zero-order valence-corrected chi connectivity index (χ0v) is 26.3. The highest BCUT2D eigenvalue weighted by atomic mass is 35.5. The van der Waals surface area contributed by atoms with E-state index in [9.17, 15) is 14.0 Å². The van der Waals surface area contributed by atoms with Crippen LogP contribution in [0, 0.1) is 5.82 Å². The molecular formula is C37H30ClFN4O4. The number of anilines is 3. The summed E-state index contributed by atoms with van der Waals surface area (Å²) in [4.78, 5) is 27.8. The molecule has 236 valence electrons. The summed E-state index contributed by atoms with van der Waals surface area (Å²) >= 11 is 6.23. The molecule has 5 aromatic carbocycles. The molecule has 47 heavy (non-hydrogen) atoms. The number of amidine groups is 1. The topological polar surface area (TPSA) is 83.5 Å². The van der Waals surface area contributed by atoms with Crippen LogP contribution in [0.25, 0.3) is 0 Å². The standard InChI is InChI=1S/C37H30ClFN4O4/c1-24(44)35-41-43(30-19-15-27(38)16-20-30)37(31-12-8-14-33(46-2)34(31)47-23-26-11-6-7-13-32(26)39)42(35)29-21-17-28(18-22-29)40-36(45)25-9-4-3-5-10-25/h3-22,37H,23H2,1-2H3,(H,40,45)/t37-/m0/s1. The molecule has 0 radical (unpaired) electrons. The third-order valence-corrected chi connectivity index (χ3v) is 7.84. The number of rotatable bonds is 10. The summed E-state index contributed by atoms with van der Waals surface area (Å²) < 4.78 is 26.6. The Morgan fingerprint density at radius 2 is 1.53 bits per heavy atom. The Bertz CT molecular complexity index is 1940. The molecule has 10 heteroatoms. The van der Waals surface area contributed by atoms with Gasteiger partial charge in [0.25, 0.3) is 5.91 Å². The lowest BCUT2D eigenvalue weighted by molar-refractivity contribution is -0.111. The minimum atomic E-state index is -0.745. The van der Waals surface area contributed by atoms with Gasteiger partial charge in [-0.2, -0.15) is 0 Å². The van der Waals surface area contributed by atoms with Crippen molar-refractivity contribution in [1.82, 2.24) is 0 Å². The number of ketones is 1. The van der Waals surface area contributed by atoms with Crippen LogP contribution in [0.5, 0.6) is 11.5 Å². The number of carbonyl (C=O) groups excluding carboxylic acids is 2. The van der Waals surface area contributed by atoms with Gasteiger partial charge in [-0.1, -0.05) is 60.1 Å². The molecule has 0 aromatic heterocycles. The summed E-state index contributed by atoms with van der Waals surface area (Å²) in [6.45, 7) is 1.38. The molecule has 0 spiro atoms. The van der Waals surface area contributed by atoms with Crippen LogP contribution < -0.4 is 24.7 Å². The molecular weight excluding hydrogens is 619 g/mol. The van der Waals surface area contributed by atoms with E-state index in [-0.39, 0.29) is 24.1 Å². The highest BCUT2D eigenvalue weighted by Crippen LogP contribution is 2.45.